The molecule has 0 unspecified atom stereocenters. The van der Waals surface area contributed by atoms with Crippen molar-refractivity contribution in [1.82, 2.24) is 5.43 Å². The summed E-state index contributed by atoms with van der Waals surface area (Å²) in [5.74, 6) is -0.720. The van der Waals surface area contributed by atoms with E-state index in [1.165, 1.54) is 74.8 Å². The molecule has 0 radical (unpaired) electrons. The van der Waals surface area contributed by atoms with Gasteiger partial charge in [0.2, 0.25) is 5.91 Å². The van der Waals surface area contributed by atoms with Crippen LogP contribution in [0.5, 0.6) is 11.5 Å². The van der Waals surface area contributed by atoms with Crippen LogP contribution in [0, 0.1) is 0 Å². The van der Waals surface area contributed by atoms with Crippen LogP contribution in [0.3, 0.4) is 0 Å². The molecule has 0 heterocycles. The number of hydrogen-bond acceptors (Lipinski definition) is 7. The summed E-state index contributed by atoms with van der Waals surface area (Å²) in [4.78, 5) is 23.2. The van der Waals surface area contributed by atoms with Gasteiger partial charge in [0.05, 0.1) is 23.4 Å². The Morgan fingerprint density at radius 3 is 2.29 bits per heavy atom. The van der Waals surface area contributed by atoms with Crippen LogP contribution in [-0.4, -0.2) is 33.6 Å². The van der Waals surface area contributed by atoms with Crippen molar-refractivity contribution in [3.63, 3.8) is 0 Å². The third-order valence-electron chi connectivity index (χ3n) is 4.41. The molecule has 3 rings (SSSR count). The van der Waals surface area contributed by atoms with Gasteiger partial charge in [0.25, 0.3) is 5.91 Å². The molecule has 35 heavy (non-hydrogen) atoms. The molecule has 0 aliphatic rings. The number of anilines is 1. The molecule has 0 spiro atoms. The smallest absolute Gasteiger partial charge is 0.339 e. The van der Waals surface area contributed by atoms with Gasteiger partial charge < -0.3 is 14.2 Å². The largest absolute Gasteiger partial charge is 0.493 e. The molecule has 0 aromatic heterocycles. The average molecular weight is 536 g/mol. The van der Waals surface area contributed by atoms with Gasteiger partial charge in [-0.3, -0.25) is 9.59 Å². The predicted octanol–water partition coefficient (Wildman–Crippen LogP) is 4.49. The number of halogens is 2. The highest BCUT2D eigenvalue weighted by atomic mass is 35.5. The van der Waals surface area contributed by atoms with Gasteiger partial charge in [0.1, 0.15) is 4.90 Å². The first-order valence-electron chi connectivity index (χ1n) is 9.87. The van der Waals surface area contributed by atoms with Crippen LogP contribution in [0.2, 0.25) is 10.0 Å². The van der Waals surface area contributed by atoms with Gasteiger partial charge in [-0.25, -0.2) is 5.43 Å². The van der Waals surface area contributed by atoms with Crippen molar-refractivity contribution in [2.45, 2.75) is 11.8 Å². The Labute approximate surface area is 211 Å². The molecule has 0 atom stereocenters. The Bertz CT molecular complexity index is 1390. The topological polar surface area (TPSA) is 123 Å². The molecule has 9 nitrogen and oxygen atoms in total. The summed E-state index contributed by atoms with van der Waals surface area (Å²) in [5.41, 5.74) is 3.46. The number of hydrogen-bond donors (Lipinski definition) is 2. The zero-order chi connectivity index (χ0) is 25.6. The second-order valence-electron chi connectivity index (χ2n) is 6.98. The summed E-state index contributed by atoms with van der Waals surface area (Å²) in [6.45, 7) is 1.34. The van der Waals surface area contributed by atoms with E-state index in [-0.39, 0.29) is 32.9 Å². The van der Waals surface area contributed by atoms with Crippen LogP contribution in [0.25, 0.3) is 0 Å². The molecule has 0 saturated carbocycles. The zero-order valence-electron chi connectivity index (χ0n) is 18.4. The molecular formula is C23H19Cl2N3O6S. The maximum atomic E-state index is 12.8. The number of methoxy groups -OCH3 is 1. The predicted molar refractivity (Wildman–Crippen MR) is 133 cm³/mol. The van der Waals surface area contributed by atoms with Gasteiger partial charge in [-0.1, -0.05) is 23.2 Å². The van der Waals surface area contributed by atoms with Crippen molar-refractivity contribution >= 4 is 57.0 Å². The standard InChI is InChI=1S/C23H19Cl2N3O6S/c1-14(29)27-17-5-7-18(8-6-17)35(31,32)34-22-11-15(3-10-21(22)33-2)13-26-28-23(30)16-4-9-19(24)20(25)12-16/h3-13H,1-2H3,(H,27,29)(H,28,30)/b26-13-. The lowest BCUT2D eigenvalue weighted by molar-refractivity contribution is -0.114. The summed E-state index contributed by atoms with van der Waals surface area (Å²) < 4.78 is 36.0. The van der Waals surface area contributed by atoms with E-state index in [9.17, 15) is 18.0 Å². The SMILES string of the molecule is COc1ccc(/C=N\NC(=O)c2ccc(Cl)c(Cl)c2)cc1OS(=O)(=O)c1ccc(NC(C)=O)cc1. The molecule has 3 aromatic carbocycles. The normalized spacial score (nSPS) is 11.2. The first kappa shape index (κ1) is 26.0. The van der Waals surface area contributed by atoms with Crippen LogP contribution in [-0.2, 0) is 14.9 Å². The van der Waals surface area contributed by atoms with Crippen molar-refractivity contribution in [3.05, 3.63) is 81.8 Å². The van der Waals surface area contributed by atoms with Crippen molar-refractivity contribution in [1.29, 1.82) is 0 Å². The van der Waals surface area contributed by atoms with Gasteiger partial charge >= 0.3 is 10.1 Å². The fourth-order valence-electron chi connectivity index (χ4n) is 2.78. The molecule has 0 saturated heterocycles. The van der Waals surface area contributed by atoms with Crippen LogP contribution in [0.15, 0.2) is 70.7 Å². The zero-order valence-corrected chi connectivity index (χ0v) is 20.7. The van der Waals surface area contributed by atoms with Gasteiger partial charge in [-0.2, -0.15) is 13.5 Å². The van der Waals surface area contributed by atoms with E-state index < -0.39 is 16.0 Å². The fraction of sp³-hybridized carbons (Fsp3) is 0.0870. The molecule has 2 amide bonds. The van der Waals surface area contributed by atoms with E-state index >= 15 is 0 Å². The van der Waals surface area contributed by atoms with E-state index in [4.69, 9.17) is 32.1 Å². The Hall–Kier alpha value is -3.60. The lowest BCUT2D eigenvalue weighted by atomic mass is 10.2. The van der Waals surface area contributed by atoms with E-state index in [0.29, 0.717) is 16.3 Å². The molecule has 0 aliphatic carbocycles. The van der Waals surface area contributed by atoms with Crippen LogP contribution >= 0.6 is 23.2 Å². The minimum Gasteiger partial charge on any atom is -0.493 e. The molecule has 2 N–H and O–H groups in total. The molecular weight excluding hydrogens is 517 g/mol. The highest BCUT2D eigenvalue weighted by molar-refractivity contribution is 7.87. The Balaban J connectivity index is 1.76. The Morgan fingerprint density at radius 2 is 1.66 bits per heavy atom. The minimum absolute atomic E-state index is 0.0850. The summed E-state index contributed by atoms with van der Waals surface area (Å²) >= 11 is 11.8. The molecule has 0 bridgehead atoms. The van der Waals surface area contributed by atoms with Crippen molar-refractivity contribution < 1.29 is 26.9 Å². The summed E-state index contributed by atoms with van der Waals surface area (Å²) in [7, 11) is -2.85. The van der Waals surface area contributed by atoms with Gasteiger partial charge in [-0.15, -0.1) is 0 Å². The van der Waals surface area contributed by atoms with Gasteiger partial charge in [0.15, 0.2) is 11.5 Å². The summed E-state index contributed by atoms with van der Waals surface area (Å²) in [6.07, 6.45) is 1.30. The highest BCUT2D eigenvalue weighted by Gasteiger charge is 2.19. The lowest BCUT2D eigenvalue weighted by Gasteiger charge is -2.12. The second kappa shape index (κ2) is 11.2. The number of hydrazone groups is 1. The monoisotopic (exact) mass is 535 g/mol. The van der Waals surface area contributed by atoms with Crippen molar-refractivity contribution in [2.24, 2.45) is 5.10 Å². The van der Waals surface area contributed by atoms with Gasteiger partial charge in [-0.05, 0) is 66.2 Å². The molecule has 12 heteroatoms. The minimum atomic E-state index is -4.22. The number of carbonyl (C=O) groups excluding carboxylic acids is 2. The van der Waals surface area contributed by atoms with E-state index in [0.717, 1.165) is 0 Å². The Morgan fingerprint density at radius 1 is 0.943 bits per heavy atom. The molecule has 0 aliphatic heterocycles. The molecule has 0 fully saturated rings. The first-order valence-corrected chi connectivity index (χ1v) is 12.0. The van der Waals surface area contributed by atoms with E-state index in [2.05, 4.69) is 15.8 Å². The third kappa shape index (κ3) is 6.95. The van der Waals surface area contributed by atoms with Crippen LogP contribution in [0.4, 0.5) is 5.69 Å². The maximum absolute atomic E-state index is 12.8. The Kier molecular flexibility index (Phi) is 8.34. The van der Waals surface area contributed by atoms with Crippen LogP contribution < -0.4 is 19.7 Å². The second-order valence-corrected chi connectivity index (χ2v) is 9.34. The number of benzene rings is 3. The number of amides is 2. The highest BCUT2D eigenvalue weighted by Crippen LogP contribution is 2.31. The molecule has 3 aromatic rings. The number of nitrogens with one attached hydrogen (secondary N) is 2. The number of nitrogens with zero attached hydrogens (tertiary/aromatic N) is 1. The number of carbonyl (C=O) groups is 2. The average Bonchev–Trinajstić information content (AvgIpc) is 2.80. The fourth-order valence-corrected chi connectivity index (χ4v) is 4.01. The number of rotatable bonds is 8. The van der Waals surface area contributed by atoms with Crippen LogP contribution in [0.1, 0.15) is 22.8 Å². The van der Waals surface area contributed by atoms with E-state index in [1.54, 1.807) is 6.07 Å². The van der Waals surface area contributed by atoms with Crippen molar-refractivity contribution in [3.8, 4) is 11.5 Å². The van der Waals surface area contributed by atoms with Gasteiger partial charge in [0, 0.05) is 18.2 Å². The molecule has 182 valence electrons. The third-order valence-corrected chi connectivity index (χ3v) is 6.40. The number of ether oxygens (including phenoxy) is 1. The quantitative estimate of drug-likeness (QED) is 0.249. The summed E-state index contributed by atoms with van der Waals surface area (Å²) in [5, 5.41) is 6.97. The first-order chi connectivity index (χ1) is 16.6. The summed E-state index contributed by atoms with van der Waals surface area (Å²) in [6, 6.07) is 14.3. The lowest BCUT2D eigenvalue weighted by Crippen LogP contribution is -2.17. The van der Waals surface area contributed by atoms with Crippen molar-refractivity contribution in [2.75, 3.05) is 12.4 Å². The van der Waals surface area contributed by atoms with E-state index in [1.807, 2.05) is 0 Å². The maximum Gasteiger partial charge on any atom is 0.339 e.